The second kappa shape index (κ2) is 9.05. The number of carbonyl (C=O) groups is 2. The van der Waals surface area contributed by atoms with Crippen LogP contribution < -0.4 is 25.8 Å². The zero-order chi connectivity index (χ0) is 21.1. The number of amidine groups is 1. The first kappa shape index (κ1) is 20.7. The van der Waals surface area contributed by atoms with E-state index in [-0.39, 0.29) is 29.7 Å². The van der Waals surface area contributed by atoms with Gasteiger partial charge in [-0.3, -0.25) is 19.9 Å². The van der Waals surface area contributed by atoms with Crippen LogP contribution >= 0.6 is 23.4 Å². The molecule has 2 aliphatic heterocycles. The minimum atomic E-state index is -0.370. The third-order valence-electron chi connectivity index (χ3n) is 4.72. The van der Waals surface area contributed by atoms with E-state index in [0.717, 1.165) is 0 Å². The van der Waals surface area contributed by atoms with Gasteiger partial charge in [-0.2, -0.15) is 0 Å². The van der Waals surface area contributed by atoms with Crippen molar-refractivity contribution in [1.29, 1.82) is 0 Å². The Balaban J connectivity index is 1.54. The standard InChI is InChI=1S/C20H20ClN5O3S/c1-29-16-5-3-2-4-15(16)26-19(28)14-10-22-25-18(14)24-20(26)30-11-17(27)23-13-8-6-12(21)7-9-13/h2-9,14,18,22,25H,10-11H2,1H3,(H,23,27). The number of ether oxygens (including phenoxy) is 1. The fraction of sp³-hybridized carbons (Fsp3) is 0.250. The Morgan fingerprint density at radius 1 is 1.30 bits per heavy atom. The summed E-state index contributed by atoms with van der Waals surface area (Å²) in [6.45, 7) is 0.480. The quantitative estimate of drug-likeness (QED) is 0.654. The molecule has 2 aromatic rings. The molecule has 10 heteroatoms. The van der Waals surface area contributed by atoms with Crippen molar-refractivity contribution in [2.45, 2.75) is 6.17 Å². The molecule has 0 saturated carbocycles. The number of nitrogens with one attached hydrogen (secondary N) is 3. The molecule has 0 bridgehead atoms. The number of hydrogen-bond acceptors (Lipinski definition) is 7. The topological polar surface area (TPSA) is 95.1 Å². The van der Waals surface area contributed by atoms with Gasteiger partial charge in [-0.1, -0.05) is 35.5 Å². The summed E-state index contributed by atoms with van der Waals surface area (Å²) in [5.74, 6) is 0.00421. The lowest BCUT2D eigenvalue weighted by atomic mass is 10.0. The van der Waals surface area contributed by atoms with Crippen LogP contribution in [-0.4, -0.2) is 42.6 Å². The first-order valence-electron chi connectivity index (χ1n) is 9.28. The van der Waals surface area contributed by atoms with Gasteiger partial charge in [-0.15, -0.1) is 0 Å². The van der Waals surface area contributed by atoms with Crippen LogP contribution in [0.15, 0.2) is 53.5 Å². The van der Waals surface area contributed by atoms with Crippen molar-refractivity contribution in [3.63, 3.8) is 0 Å². The molecule has 0 spiro atoms. The van der Waals surface area contributed by atoms with E-state index in [0.29, 0.717) is 33.9 Å². The Morgan fingerprint density at radius 2 is 2.07 bits per heavy atom. The van der Waals surface area contributed by atoms with Gasteiger partial charge in [-0.05, 0) is 36.4 Å². The van der Waals surface area contributed by atoms with Crippen molar-refractivity contribution in [3.8, 4) is 5.75 Å². The highest BCUT2D eigenvalue weighted by Gasteiger charge is 2.43. The van der Waals surface area contributed by atoms with E-state index in [1.54, 1.807) is 43.5 Å². The lowest BCUT2D eigenvalue weighted by Crippen LogP contribution is -2.49. The number of benzene rings is 2. The van der Waals surface area contributed by atoms with Crippen LogP contribution in [0.25, 0.3) is 0 Å². The molecule has 0 aliphatic carbocycles. The molecule has 8 nitrogen and oxygen atoms in total. The van der Waals surface area contributed by atoms with E-state index < -0.39 is 0 Å². The van der Waals surface area contributed by atoms with Gasteiger partial charge in [0, 0.05) is 17.3 Å². The van der Waals surface area contributed by atoms with E-state index in [4.69, 9.17) is 16.3 Å². The van der Waals surface area contributed by atoms with Crippen LogP contribution in [0.1, 0.15) is 0 Å². The maximum absolute atomic E-state index is 13.2. The molecule has 2 unspecified atom stereocenters. The molecular weight excluding hydrogens is 426 g/mol. The molecule has 2 aromatic carbocycles. The number of amides is 2. The van der Waals surface area contributed by atoms with Crippen molar-refractivity contribution >= 4 is 51.7 Å². The van der Waals surface area contributed by atoms with Gasteiger partial charge in [0.2, 0.25) is 11.8 Å². The molecule has 0 aromatic heterocycles. The number of rotatable bonds is 5. The van der Waals surface area contributed by atoms with Crippen molar-refractivity contribution < 1.29 is 14.3 Å². The van der Waals surface area contributed by atoms with E-state index in [1.165, 1.54) is 16.7 Å². The highest BCUT2D eigenvalue weighted by atomic mass is 35.5. The van der Waals surface area contributed by atoms with Crippen LogP contribution in [0.2, 0.25) is 5.02 Å². The number of hydrazine groups is 1. The van der Waals surface area contributed by atoms with Crippen LogP contribution in [0.4, 0.5) is 11.4 Å². The average Bonchev–Trinajstić information content (AvgIpc) is 3.23. The minimum absolute atomic E-state index is 0.0885. The Hall–Kier alpha value is -2.59. The van der Waals surface area contributed by atoms with Gasteiger partial charge in [-0.25, -0.2) is 10.4 Å². The molecule has 30 heavy (non-hydrogen) atoms. The molecule has 3 N–H and O–H groups in total. The predicted octanol–water partition coefficient (Wildman–Crippen LogP) is 2.47. The minimum Gasteiger partial charge on any atom is -0.495 e. The third kappa shape index (κ3) is 4.29. The smallest absolute Gasteiger partial charge is 0.241 e. The number of anilines is 2. The van der Waals surface area contributed by atoms with Crippen LogP contribution in [0.5, 0.6) is 5.75 Å². The number of carbonyl (C=O) groups excluding carboxylic acids is 2. The summed E-state index contributed by atoms with van der Waals surface area (Å²) in [6.07, 6.45) is -0.370. The molecule has 2 aliphatic rings. The SMILES string of the molecule is COc1ccccc1N1C(=O)C2CNNC2N=C1SCC(=O)Nc1ccc(Cl)cc1. The number of nitrogens with zero attached hydrogens (tertiary/aromatic N) is 2. The predicted molar refractivity (Wildman–Crippen MR) is 119 cm³/mol. The molecule has 4 rings (SSSR count). The second-order valence-electron chi connectivity index (χ2n) is 6.68. The van der Waals surface area contributed by atoms with Crippen LogP contribution in [0.3, 0.4) is 0 Å². The van der Waals surface area contributed by atoms with Crippen molar-refractivity contribution in [2.75, 3.05) is 29.6 Å². The molecular formula is C20H20ClN5O3S. The monoisotopic (exact) mass is 445 g/mol. The summed E-state index contributed by atoms with van der Waals surface area (Å²) in [5.41, 5.74) is 7.24. The lowest BCUT2D eigenvalue weighted by Gasteiger charge is -2.33. The van der Waals surface area contributed by atoms with Crippen LogP contribution in [-0.2, 0) is 9.59 Å². The van der Waals surface area contributed by atoms with Crippen molar-refractivity contribution in [3.05, 3.63) is 53.6 Å². The molecule has 2 atom stereocenters. The first-order valence-corrected chi connectivity index (χ1v) is 10.6. The highest BCUT2D eigenvalue weighted by Crippen LogP contribution is 2.35. The Labute approximate surface area is 183 Å². The summed E-state index contributed by atoms with van der Waals surface area (Å²) < 4.78 is 5.44. The second-order valence-corrected chi connectivity index (χ2v) is 8.06. The number of aliphatic imine (C=N–C) groups is 1. The van der Waals surface area contributed by atoms with Gasteiger partial charge in [0.25, 0.3) is 0 Å². The van der Waals surface area contributed by atoms with Gasteiger partial charge < -0.3 is 10.1 Å². The molecule has 1 saturated heterocycles. The van der Waals surface area contributed by atoms with Gasteiger partial charge in [0.05, 0.1) is 24.5 Å². The van der Waals surface area contributed by atoms with E-state index >= 15 is 0 Å². The number of methoxy groups -OCH3 is 1. The largest absolute Gasteiger partial charge is 0.495 e. The lowest BCUT2D eigenvalue weighted by molar-refractivity contribution is -0.121. The molecule has 2 heterocycles. The van der Waals surface area contributed by atoms with Gasteiger partial charge >= 0.3 is 0 Å². The Morgan fingerprint density at radius 3 is 2.83 bits per heavy atom. The molecule has 1 fully saturated rings. The summed E-state index contributed by atoms with van der Waals surface area (Å²) in [5, 5.41) is 3.85. The van der Waals surface area contributed by atoms with Crippen molar-refractivity contribution in [1.82, 2.24) is 10.9 Å². The molecule has 156 valence electrons. The fourth-order valence-corrected chi connectivity index (χ4v) is 4.23. The molecule has 2 amide bonds. The summed E-state index contributed by atoms with van der Waals surface area (Å²) >= 11 is 7.07. The summed E-state index contributed by atoms with van der Waals surface area (Å²) in [4.78, 5) is 31.9. The first-order chi connectivity index (χ1) is 14.6. The molecule has 0 radical (unpaired) electrons. The number of fused-ring (bicyclic) bond motifs is 1. The van der Waals surface area contributed by atoms with Crippen molar-refractivity contribution in [2.24, 2.45) is 10.9 Å². The normalized spacial score (nSPS) is 20.5. The number of hydrogen-bond donors (Lipinski definition) is 3. The fourth-order valence-electron chi connectivity index (χ4n) is 3.27. The number of thioether (sulfide) groups is 1. The maximum atomic E-state index is 13.2. The van der Waals surface area contributed by atoms with Gasteiger partial charge in [0.1, 0.15) is 11.9 Å². The summed E-state index contributed by atoms with van der Waals surface area (Å²) in [6, 6.07) is 14.1. The highest BCUT2D eigenvalue weighted by molar-refractivity contribution is 8.14. The Kier molecular flexibility index (Phi) is 6.24. The average molecular weight is 446 g/mol. The van der Waals surface area contributed by atoms with E-state index in [2.05, 4.69) is 21.2 Å². The Bertz CT molecular complexity index is 985. The number of para-hydroxylation sites is 2. The summed E-state index contributed by atoms with van der Waals surface area (Å²) in [7, 11) is 1.55. The zero-order valence-electron chi connectivity index (χ0n) is 16.1. The van der Waals surface area contributed by atoms with E-state index in [1.807, 2.05) is 12.1 Å². The zero-order valence-corrected chi connectivity index (χ0v) is 17.7. The van der Waals surface area contributed by atoms with Crippen LogP contribution in [0, 0.1) is 5.92 Å². The maximum Gasteiger partial charge on any atom is 0.241 e. The third-order valence-corrected chi connectivity index (χ3v) is 5.92. The van der Waals surface area contributed by atoms with Gasteiger partial charge in [0.15, 0.2) is 5.17 Å². The number of halogens is 1. The van der Waals surface area contributed by atoms with E-state index in [9.17, 15) is 9.59 Å².